The average Bonchev–Trinajstić information content (AvgIpc) is 3.12. The van der Waals surface area contributed by atoms with Gasteiger partial charge in [-0.05, 0) is 54.1 Å². The molecule has 1 N–H and O–H groups in total. The highest BCUT2D eigenvalue weighted by Gasteiger charge is 2.16. The van der Waals surface area contributed by atoms with Gasteiger partial charge in [0.15, 0.2) is 0 Å². The minimum atomic E-state index is -0.140. The van der Waals surface area contributed by atoms with Gasteiger partial charge in [0.1, 0.15) is 23.9 Å². The fourth-order valence-electron chi connectivity index (χ4n) is 3.06. The van der Waals surface area contributed by atoms with E-state index in [1.54, 1.807) is 66.4 Å². The summed E-state index contributed by atoms with van der Waals surface area (Å²) in [6, 6.07) is 21.5. The lowest BCUT2D eigenvalue weighted by molar-refractivity contribution is 0.0964. The number of carbonyl (C=O) groups excluding carboxylic acids is 1. The van der Waals surface area contributed by atoms with Crippen LogP contribution in [0.1, 0.15) is 15.9 Å². The van der Waals surface area contributed by atoms with Gasteiger partial charge in [-0.15, -0.1) is 0 Å². The van der Waals surface area contributed by atoms with Gasteiger partial charge in [-0.3, -0.25) is 9.36 Å². The van der Waals surface area contributed by atoms with Gasteiger partial charge in [-0.2, -0.15) is 0 Å². The second-order valence-corrected chi connectivity index (χ2v) is 6.37. The highest BCUT2D eigenvalue weighted by Crippen LogP contribution is 2.29. The van der Waals surface area contributed by atoms with Crippen LogP contribution in [0.3, 0.4) is 0 Å². The highest BCUT2D eigenvalue weighted by atomic mass is 16.5. The van der Waals surface area contributed by atoms with Crippen molar-refractivity contribution in [2.75, 3.05) is 7.11 Å². The Labute approximate surface area is 162 Å². The molecule has 1 aromatic heterocycles. The normalized spacial score (nSPS) is 10.8. The number of hydrogen-bond donors (Lipinski definition) is 1. The smallest absolute Gasteiger partial charge is 0.262 e. The molecule has 140 valence electrons. The fraction of sp³-hybridized carbons (Fsp3) is 0.0870. The number of phenolic OH excluding ortho intramolecular Hbond substituents is 1. The summed E-state index contributed by atoms with van der Waals surface area (Å²) in [5.41, 5.74) is 2.27. The van der Waals surface area contributed by atoms with Crippen molar-refractivity contribution >= 4 is 16.8 Å². The van der Waals surface area contributed by atoms with E-state index in [2.05, 4.69) is 0 Å². The first-order chi connectivity index (χ1) is 13.7. The molecule has 0 spiro atoms. The summed E-state index contributed by atoms with van der Waals surface area (Å²) in [5.74, 6) is 1.40. The van der Waals surface area contributed by atoms with Gasteiger partial charge in [0, 0.05) is 10.9 Å². The van der Waals surface area contributed by atoms with Crippen LogP contribution in [0.5, 0.6) is 17.2 Å². The zero-order valence-electron chi connectivity index (χ0n) is 15.3. The summed E-state index contributed by atoms with van der Waals surface area (Å²) < 4.78 is 12.7. The Balaban J connectivity index is 1.65. The van der Waals surface area contributed by atoms with Gasteiger partial charge >= 0.3 is 0 Å². The third-order valence-electron chi connectivity index (χ3n) is 4.56. The van der Waals surface area contributed by atoms with Gasteiger partial charge in [0.05, 0.1) is 18.8 Å². The van der Waals surface area contributed by atoms with Gasteiger partial charge < -0.3 is 14.6 Å². The summed E-state index contributed by atoms with van der Waals surface area (Å²) in [6.45, 7) is 0.338. The van der Waals surface area contributed by atoms with Crippen LogP contribution in [0.15, 0.2) is 79.0 Å². The van der Waals surface area contributed by atoms with E-state index in [-0.39, 0.29) is 11.7 Å². The molecule has 0 atom stereocenters. The monoisotopic (exact) mass is 373 g/mol. The fourth-order valence-corrected chi connectivity index (χ4v) is 3.06. The average molecular weight is 373 g/mol. The van der Waals surface area contributed by atoms with E-state index < -0.39 is 0 Å². The molecule has 0 radical (unpaired) electrons. The van der Waals surface area contributed by atoms with E-state index in [0.717, 1.165) is 16.5 Å². The van der Waals surface area contributed by atoms with Gasteiger partial charge in [-0.1, -0.05) is 24.3 Å². The zero-order chi connectivity index (χ0) is 19.5. The Morgan fingerprint density at radius 1 is 0.964 bits per heavy atom. The highest BCUT2D eigenvalue weighted by molar-refractivity contribution is 6.03. The molecule has 5 heteroatoms. The third kappa shape index (κ3) is 3.42. The molecular weight excluding hydrogens is 354 g/mol. The van der Waals surface area contributed by atoms with Crippen LogP contribution in [0, 0.1) is 0 Å². The minimum absolute atomic E-state index is 0.140. The number of para-hydroxylation sites is 1. The second kappa shape index (κ2) is 7.48. The molecule has 4 rings (SSSR count). The van der Waals surface area contributed by atoms with E-state index in [1.165, 1.54) is 0 Å². The number of carbonyl (C=O) groups is 1. The lowest BCUT2D eigenvalue weighted by Crippen LogP contribution is -2.10. The van der Waals surface area contributed by atoms with Crippen LogP contribution in [0.25, 0.3) is 10.9 Å². The SMILES string of the molecule is COc1ccc(C(=O)n2cc(OCc3ccc(O)cc3)c3ccccc32)cc1. The standard InChI is InChI=1S/C23H19NO4/c1-27-19-12-8-17(9-13-19)23(26)24-14-22(20-4-2-3-5-21(20)24)28-15-16-6-10-18(25)11-7-16/h2-14,25H,15H2,1H3. The number of ether oxygens (including phenoxy) is 2. The maximum atomic E-state index is 13.0. The maximum Gasteiger partial charge on any atom is 0.262 e. The van der Waals surface area contributed by atoms with Crippen LogP contribution in [-0.2, 0) is 6.61 Å². The van der Waals surface area contributed by atoms with Crippen molar-refractivity contribution in [2.45, 2.75) is 6.61 Å². The Bertz CT molecular complexity index is 1110. The lowest BCUT2D eigenvalue weighted by Gasteiger charge is -2.05. The molecule has 3 aromatic carbocycles. The summed E-state index contributed by atoms with van der Waals surface area (Å²) in [5, 5.41) is 10.3. The quantitative estimate of drug-likeness (QED) is 0.554. The first-order valence-electron chi connectivity index (χ1n) is 8.85. The number of aromatic nitrogens is 1. The van der Waals surface area contributed by atoms with Crippen molar-refractivity contribution in [1.82, 2.24) is 4.57 Å². The predicted molar refractivity (Wildman–Crippen MR) is 107 cm³/mol. The molecule has 1 heterocycles. The molecule has 0 unspecified atom stereocenters. The third-order valence-corrected chi connectivity index (χ3v) is 4.56. The lowest BCUT2D eigenvalue weighted by atomic mass is 10.2. The number of methoxy groups -OCH3 is 1. The van der Waals surface area contributed by atoms with Crippen molar-refractivity contribution < 1.29 is 19.4 Å². The Kier molecular flexibility index (Phi) is 4.72. The molecule has 0 saturated heterocycles. The van der Waals surface area contributed by atoms with E-state index in [4.69, 9.17) is 9.47 Å². The molecule has 5 nitrogen and oxygen atoms in total. The topological polar surface area (TPSA) is 60.7 Å². The largest absolute Gasteiger partial charge is 0.508 e. The minimum Gasteiger partial charge on any atom is -0.508 e. The van der Waals surface area contributed by atoms with Crippen molar-refractivity contribution in [1.29, 1.82) is 0 Å². The molecule has 0 fully saturated rings. The Morgan fingerprint density at radius 3 is 2.39 bits per heavy atom. The van der Waals surface area contributed by atoms with Crippen molar-refractivity contribution in [3.63, 3.8) is 0 Å². The van der Waals surface area contributed by atoms with E-state index >= 15 is 0 Å². The van der Waals surface area contributed by atoms with Gasteiger partial charge in [0.25, 0.3) is 5.91 Å². The molecule has 0 aliphatic carbocycles. The van der Waals surface area contributed by atoms with E-state index in [1.807, 2.05) is 24.3 Å². The Morgan fingerprint density at radius 2 is 1.68 bits per heavy atom. The molecule has 0 aliphatic rings. The number of rotatable bonds is 5. The number of aromatic hydroxyl groups is 1. The number of benzene rings is 3. The van der Waals surface area contributed by atoms with Crippen molar-refractivity contribution in [3.8, 4) is 17.2 Å². The van der Waals surface area contributed by atoms with Crippen molar-refractivity contribution in [2.24, 2.45) is 0 Å². The summed E-state index contributed by atoms with van der Waals surface area (Å²) >= 11 is 0. The number of fused-ring (bicyclic) bond motifs is 1. The van der Waals surface area contributed by atoms with Gasteiger partial charge in [-0.25, -0.2) is 0 Å². The van der Waals surface area contributed by atoms with Gasteiger partial charge in [0.2, 0.25) is 0 Å². The maximum absolute atomic E-state index is 13.0. The first kappa shape index (κ1) is 17.7. The van der Waals surface area contributed by atoms with Crippen LogP contribution in [-0.4, -0.2) is 22.7 Å². The second-order valence-electron chi connectivity index (χ2n) is 6.37. The van der Waals surface area contributed by atoms with Crippen LogP contribution < -0.4 is 9.47 Å². The number of hydrogen-bond acceptors (Lipinski definition) is 4. The molecule has 28 heavy (non-hydrogen) atoms. The van der Waals surface area contributed by atoms with Crippen molar-refractivity contribution in [3.05, 3.63) is 90.1 Å². The van der Waals surface area contributed by atoms with Crippen LogP contribution in [0.4, 0.5) is 0 Å². The molecule has 0 saturated carbocycles. The molecular formula is C23H19NO4. The molecule has 0 amide bonds. The zero-order valence-corrected chi connectivity index (χ0v) is 15.3. The Hall–Kier alpha value is -3.73. The predicted octanol–water partition coefficient (Wildman–Crippen LogP) is 4.62. The molecule has 0 bridgehead atoms. The number of phenols is 1. The van der Waals surface area contributed by atoms with E-state index in [0.29, 0.717) is 23.7 Å². The molecule has 4 aromatic rings. The number of nitrogens with zero attached hydrogens (tertiary/aromatic N) is 1. The van der Waals surface area contributed by atoms with Crippen LogP contribution in [0.2, 0.25) is 0 Å². The molecule has 0 aliphatic heterocycles. The summed E-state index contributed by atoms with van der Waals surface area (Å²) in [4.78, 5) is 13.0. The first-order valence-corrected chi connectivity index (χ1v) is 8.85. The van der Waals surface area contributed by atoms with E-state index in [9.17, 15) is 9.90 Å². The van der Waals surface area contributed by atoms with Crippen LogP contribution >= 0.6 is 0 Å². The summed E-state index contributed by atoms with van der Waals surface area (Å²) in [7, 11) is 1.59. The summed E-state index contributed by atoms with van der Waals surface area (Å²) in [6.07, 6.45) is 1.72.